The number of rotatable bonds is 2. The van der Waals surface area contributed by atoms with Gasteiger partial charge in [0.1, 0.15) is 6.23 Å². The van der Waals surface area contributed by atoms with Crippen LogP contribution in [-0.2, 0) is 4.79 Å². The highest BCUT2D eigenvalue weighted by Crippen LogP contribution is 2.21. The minimum atomic E-state index is -0.627. The summed E-state index contributed by atoms with van der Waals surface area (Å²) in [6.07, 6.45) is -0.169. The van der Waals surface area contributed by atoms with E-state index in [2.05, 4.69) is 5.32 Å². The van der Waals surface area contributed by atoms with Crippen LogP contribution in [-0.4, -0.2) is 28.2 Å². The SMILES string of the molecule is CCSC1CC(=O)NC1O. The predicted octanol–water partition coefficient (Wildman–Crippen LogP) is -0.0536. The maximum Gasteiger partial charge on any atom is 0.223 e. The van der Waals surface area contributed by atoms with E-state index in [0.717, 1.165) is 5.75 Å². The van der Waals surface area contributed by atoms with Crippen molar-refractivity contribution in [2.45, 2.75) is 24.8 Å². The van der Waals surface area contributed by atoms with Crippen LogP contribution in [0.2, 0.25) is 0 Å². The lowest BCUT2D eigenvalue weighted by Crippen LogP contribution is -2.29. The van der Waals surface area contributed by atoms with Crippen LogP contribution in [0.4, 0.5) is 0 Å². The first-order valence-corrected chi connectivity index (χ1v) is 4.38. The van der Waals surface area contributed by atoms with E-state index in [4.69, 9.17) is 5.11 Å². The molecule has 1 aliphatic rings. The summed E-state index contributed by atoms with van der Waals surface area (Å²) in [5.41, 5.74) is 0. The fourth-order valence-electron chi connectivity index (χ4n) is 0.975. The Morgan fingerprint density at radius 3 is 3.00 bits per heavy atom. The highest BCUT2D eigenvalue weighted by Gasteiger charge is 2.30. The van der Waals surface area contributed by atoms with Crippen molar-refractivity contribution in [3.8, 4) is 0 Å². The van der Waals surface area contributed by atoms with Crippen molar-refractivity contribution in [2.75, 3.05) is 5.75 Å². The van der Waals surface area contributed by atoms with E-state index in [9.17, 15) is 4.79 Å². The molecule has 1 amide bonds. The molecule has 0 spiro atoms. The summed E-state index contributed by atoms with van der Waals surface area (Å²) in [4.78, 5) is 10.7. The predicted molar refractivity (Wildman–Crippen MR) is 40.7 cm³/mol. The van der Waals surface area contributed by atoms with Gasteiger partial charge in [-0.05, 0) is 5.75 Å². The molecule has 1 rings (SSSR count). The van der Waals surface area contributed by atoms with Crippen LogP contribution >= 0.6 is 11.8 Å². The Morgan fingerprint density at radius 1 is 1.90 bits per heavy atom. The Bertz CT molecular complexity index is 140. The molecule has 2 unspecified atom stereocenters. The smallest absolute Gasteiger partial charge is 0.223 e. The second-order valence-electron chi connectivity index (χ2n) is 2.21. The molecule has 0 saturated carbocycles. The first kappa shape index (κ1) is 7.88. The summed E-state index contributed by atoms with van der Waals surface area (Å²) in [5, 5.41) is 11.7. The molecule has 1 fully saturated rings. The van der Waals surface area contributed by atoms with Gasteiger partial charge in [0.05, 0.1) is 5.25 Å². The lowest BCUT2D eigenvalue weighted by Gasteiger charge is -2.09. The van der Waals surface area contributed by atoms with Gasteiger partial charge in [-0.1, -0.05) is 6.92 Å². The van der Waals surface area contributed by atoms with Gasteiger partial charge >= 0.3 is 0 Å². The van der Waals surface area contributed by atoms with Crippen molar-refractivity contribution >= 4 is 17.7 Å². The van der Waals surface area contributed by atoms with E-state index >= 15 is 0 Å². The molecule has 1 heterocycles. The molecule has 2 N–H and O–H groups in total. The molecule has 1 saturated heterocycles. The zero-order valence-corrected chi connectivity index (χ0v) is 6.65. The molecule has 0 radical (unpaired) electrons. The number of amides is 1. The molecular formula is C6H11NO2S. The van der Waals surface area contributed by atoms with Crippen LogP contribution in [0.15, 0.2) is 0 Å². The van der Waals surface area contributed by atoms with Crippen molar-refractivity contribution in [3.63, 3.8) is 0 Å². The lowest BCUT2D eigenvalue weighted by atomic mass is 10.3. The van der Waals surface area contributed by atoms with Crippen LogP contribution in [0.5, 0.6) is 0 Å². The third-order valence-electron chi connectivity index (χ3n) is 1.43. The van der Waals surface area contributed by atoms with E-state index < -0.39 is 6.23 Å². The second-order valence-corrected chi connectivity index (χ2v) is 3.73. The van der Waals surface area contributed by atoms with Gasteiger partial charge < -0.3 is 10.4 Å². The number of carbonyl (C=O) groups is 1. The topological polar surface area (TPSA) is 49.3 Å². The number of carbonyl (C=O) groups excluding carboxylic acids is 1. The maximum atomic E-state index is 10.7. The summed E-state index contributed by atoms with van der Waals surface area (Å²) < 4.78 is 0. The summed E-state index contributed by atoms with van der Waals surface area (Å²) >= 11 is 1.62. The van der Waals surface area contributed by atoms with E-state index in [-0.39, 0.29) is 11.2 Å². The van der Waals surface area contributed by atoms with Crippen LogP contribution in [0.3, 0.4) is 0 Å². The van der Waals surface area contributed by atoms with Gasteiger partial charge in [-0.25, -0.2) is 0 Å². The molecule has 0 aromatic carbocycles. The molecular weight excluding hydrogens is 150 g/mol. The summed E-state index contributed by atoms with van der Waals surface area (Å²) in [5.74, 6) is 0.898. The molecule has 0 aromatic rings. The van der Waals surface area contributed by atoms with Gasteiger partial charge in [0.2, 0.25) is 5.91 Å². The molecule has 2 atom stereocenters. The first-order chi connectivity index (χ1) is 4.74. The Kier molecular flexibility index (Phi) is 2.56. The third-order valence-corrected chi connectivity index (χ3v) is 2.61. The fourth-order valence-corrected chi connectivity index (χ4v) is 1.92. The normalized spacial score (nSPS) is 32.4. The molecule has 3 nitrogen and oxygen atoms in total. The second kappa shape index (κ2) is 3.25. The highest BCUT2D eigenvalue weighted by molar-refractivity contribution is 7.99. The standard InChI is InChI=1S/C6H11NO2S/c1-2-10-4-3-5(8)7-6(4)9/h4,6,9H,2-3H2,1H3,(H,7,8). The molecule has 1 aliphatic heterocycles. The summed E-state index contributed by atoms with van der Waals surface area (Å²) in [6, 6.07) is 0. The molecule has 0 bridgehead atoms. The van der Waals surface area contributed by atoms with Gasteiger partial charge in [-0.15, -0.1) is 0 Å². The average Bonchev–Trinajstić information content (AvgIpc) is 2.13. The molecule has 58 valence electrons. The van der Waals surface area contributed by atoms with Crippen molar-refractivity contribution < 1.29 is 9.90 Å². The zero-order valence-electron chi connectivity index (χ0n) is 5.83. The average molecular weight is 161 g/mol. The Hall–Kier alpha value is -0.220. The van der Waals surface area contributed by atoms with E-state index in [0.29, 0.717) is 6.42 Å². The molecule has 4 heteroatoms. The van der Waals surface area contributed by atoms with Gasteiger partial charge in [0.25, 0.3) is 0 Å². The van der Waals surface area contributed by atoms with E-state index in [1.54, 1.807) is 11.8 Å². The lowest BCUT2D eigenvalue weighted by molar-refractivity contribution is -0.120. The van der Waals surface area contributed by atoms with Crippen LogP contribution in [0, 0.1) is 0 Å². The van der Waals surface area contributed by atoms with Crippen LogP contribution < -0.4 is 5.32 Å². The van der Waals surface area contributed by atoms with Gasteiger partial charge in [-0.3, -0.25) is 4.79 Å². The minimum Gasteiger partial charge on any atom is -0.373 e. The number of hydrogen-bond donors (Lipinski definition) is 2. The van der Waals surface area contributed by atoms with E-state index in [1.807, 2.05) is 6.92 Å². The number of hydrogen-bond acceptors (Lipinski definition) is 3. The first-order valence-electron chi connectivity index (χ1n) is 3.33. The summed E-state index contributed by atoms with van der Waals surface area (Å²) in [6.45, 7) is 2.01. The van der Waals surface area contributed by atoms with Crippen LogP contribution in [0.25, 0.3) is 0 Å². The number of thioether (sulfide) groups is 1. The van der Waals surface area contributed by atoms with Crippen molar-refractivity contribution in [3.05, 3.63) is 0 Å². The molecule has 10 heavy (non-hydrogen) atoms. The van der Waals surface area contributed by atoms with Gasteiger partial charge in [0, 0.05) is 6.42 Å². The Morgan fingerprint density at radius 2 is 2.60 bits per heavy atom. The fraction of sp³-hybridized carbons (Fsp3) is 0.833. The quantitative estimate of drug-likeness (QED) is 0.597. The number of aliphatic hydroxyl groups is 1. The Balaban J connectivity index is 2.38. The molecule has 0 aliphatic carbocycles. The molecule has 0 aromatic heterocycles. The van der Waals surface area contributed by atoms with E-state index in [1.165, 1.54) is 0 Å². The highest BCUT2D eigenvalue weighted by atomic mass is 32.2. The van der Waals surface area contributed by atoms with Gasteiger partial charge in [0.15, 0.2) is 0 Å². The van der Waals surface area contributed by atoms with Crippen LogP contribution in [0.1, 0.15) is 13.3 Å². The zero-order chi connectivity index (χ0) is 7.56. The summed E-state index contributed by atoms with van der Waals surface area (Å²) in [7, 11) is 0. The maximum absolute atomic E-state index is 10.7. The van der Waals surface area contributed by atoms with Crippen molar-refractivity contribution in [1.82, 2.24) is 5.32 Å². The van der Waals surface area contributed by atoms with Crippen molar-refractivity contribution in [1.29, 1.82) is 0 Å². The number of aliphatic hydroxyl groups excluding tert-OH is 1. The third kappa shape index (κ3) is 1.64. The number of nitrogens with one attached hydrogen (secondary N) is 1. The minimum absolute atomic E-state index is 0.0431. The van der Waals surface area contributed by atoms with Crippen molar-refractivity contribution in [2.24, 2.45) is 0 Å². The monoisotopic (exact) mass is 161 g/mol. The largest absolute Gasteiger partial charge is 0.373 e. The van der Waals surface area contributed by atoms with Gasteiger partial charge in [-0.2, -0.15) is 11.8 Å². The Labute approximate surface area is 64.2 Å².